The van der Waals surface area contributed by atoms with Gasteiger partial charge in [-0.25, -0.2) is 4.79 Å². The molecule has 0 aromatic heterocycles. The van der Waals surface area contributed by atoms with Crippen LogP contribution in [0.1, 0.15) is 25.5 Å². The zero-order valence-corrected chi connectivity index (χ0v) is 13.5. The van der Waals surface area contributed by atoms with E-state index in [1.165, 1.54) is 14.2 Å². The highest BCUT2D eigenvalue weighted by Crippen LogP contribution is 2.20. The summed E-state index contributed by atoms with van der Waals surface area (Å²) in [5.74, 6) is -1.41. The number of benzene rings is 1. The molecule has 1 aromatic carbocycles. The van der Waals surface area contributed by atoms with E-state index in [4.69, 9.17) is 15.2 Å². The quantitative estimate of drug-likeness (QED) is 0.734. The number of esters is 1. The molecule has 6 nitrogen and oxygen atoms in total. The third-order valence-electron chi connectivity index (χ3n) is 3.60. The number of methoxy groups -OCH3 is 2. The minimum absolute atomic E-state index is 0.0126. The first kappa shape index (κ1) is 18.1. The van der Waals surface area contributed by atoms with Gasteiger partial charge >= 0.3 is 5.97 Å². The van der Waals surface area contributed by atoms with Crippen LogP contribution in [-0.2, 0) is 19.1 Å². The second kappa shape index (κ2) is 7.91. The van der Waals surface area contributed by atoms with Crippen LogP contribution in [-0.4, -0.2) is 38.2 Å². The first-order chi connectivity index (χ1) is 10.4. The van der Waals surface area contributed by atoms with Crippen LogP contribution in [0.3, 0.4) is 0 Å². The summed E-state index contributed by atoms with van der Waals surface area (Å²) in [4.78, 5) is 24.3. The zero-order chi connectivity index (χ0) is 16.8. The number of nitrogens with one attached hydrogen (secondary N) is 1. The number of amides is 1. The molecule has 0 saturated heterocycles. The Hall–Kier alpha value is -1.92. The van der Waals surface area contributed by atoms with Crippen molar-refractivity contribution in [1.82, 2.24) is 5.32 Å². The van der Waals surface area contributed by atoms with Crippen LogP contribution in [0.5, 0.6) is 0 Å². The maximum absolute atomic E-state index is 12.4. The fourth-order valence-electron chi connectivity index (χ4n) is 2.17. The zero-order valence-electron chi connectivity index (χ0n) is 13.5. The van der Waals surface area contributed by atoms with Crippen molar-refractivity contribution in [2.45, 2.75) is 25.4 Å². The molecule has 0 aliphatic rings. The molecule has 3 unspecified atom stereocenters. The van der Waals surface area contributed by atoms with Crippen molar-refractivity contribution in [1.29, 1.82) is 0 Å². The van der Waals surface area contributed by atoms with Crippen LogP contribution in [0.25, 0.3) is 0 Å². The van der Waals surface area contributed by atoms with Crippen LogP contribution >= 0.6 is 0 Å². The summed E-state index contributed by atoms with van der Waals surface area (Å²) >= 11 is 0. The Morgan fingerprint density at radius 2 is 1.86 bits per heavy atom. The summed E-state index contributed by atoms with van der Waals surface area (Å²) in [5, 5.41) is 2.68. The third kappa shape index (κ3) is 4.29. The van der Waals surface area contributed by atoms with Gasteiger partial charge in [-0.3, -0.25) is 4.79 Å². The highest BCUT2D eigenvalue weighted by molar-refractivity contribution is 5.89. The van der Waals surface area contributed by atoms with E-state index in [2.05, 4.69) is 5.32 Å². The summed E-state index contributed by atoms with van der Waals surface area (Å²) in [5.41, 5.74) is 5.75. The lowest BCUT2D eigenvalue weighted by atomic mass is 9.93. The summed E-state index contributed by atoms with van der Waals surface area (Å²) in [6.07, 6.45) is 0. The van der Waals surface area contributed by atoms with E-state index < -0.39 is 23.5 Å². The molecule has 3 N–H and O–H groups in total. The molecule has 1 aromatic rings. The highest BCUT2D eigenvalue weighted by Gasteiger charge is 2.38. The molecule has 0 aliphatic carbocycles. The number of carbonyl (C=O) groups excluding carboxylic acids is 2. The van der Waals surface area contributed by atoms with Crippen LogP contribution in [0.2, 0.25) is 0 Å². The van der Waals surface area contributed by atoms with Crippen LogP contribution in [0, 0.1) is 5.92 Å². The normalized spacial score (nSPS) is 16.2. The standard InChI is InChI=1S/C16H24N2O4/c1-11(13(17)12-8-6-5-7-9-12)14(19)18-16(2,10-21-3)15(20)22-4/h5-9,11,13H,10,17H2,1-4H3,(H,18,19). The topological polar surface area (TPSA) is 90.6 Å². The fourth-order valence-corrected chi connectivity index (χ4v) is 2.17. The summed E-state index contributed by atoms with van der Waals surface area (Å²) < 4.78 is 9.74. The average molecular weight is 308 g/mol. The predicted molar refractivity (Wildman–Crippen MR) is 83.0 cm³/mol. The van der Waals surface area contributed by atoms with Crippen molar-refractivity contribution < 1.29 is 19.1 Å². The largest absolute Gasteiger partial charge is 0.467 e. The van der Waals surface area contributed by atoms with Crippen molar-refractivity contribution in [3.8, 4) is 0 Å². The van der Waals surface area contributed by atoms with E-state index in [9.17, 15) is 9.59 Å². The second-order valence-electron chi connectivity index (χ2n) is 5.47. The molecule has 1 rings (SSSR count). The van der Waals surface area contributed by atoms with Gasteiger partial charge < -0.3 is 20.5 Å². The summed E-state index contributed by atoms with van der Waals surface area (Å²) in [7, 11) is 2.72. The van der Waals surface area contributed by atoms with Crippen LogP contribution < -0.4 is 11.1 Å². The smallest absolute Gasteiger partial charge is 0.333 e. The molecule has 0 heterocycles. The summed E-state index contributed by atoms with van der Waals surface area (Å²) in [6.45, 7) is 3.29. The first-order valence-electron chi connectivity index (χ1n) is 7.05. The number of nitrogens with two attached hydrogens (primary N) is 1. The lowest BCUT2D eigenvalue weighted by molar-refractivity contribution is -0.153. The van der Waals surface area contributed by atoms with Gasteiger partial charge in [0.2, 0.25) is 5.91 Å². The average Bonchev–Trinajstić information content (AvgIpc) is 2.53. The number of hydrogen-bond acceptors (Lipinski definition) is 5. The van der Waals surface area contributed by atoms with Crippen LogP contribution in [0.15, 0.2) is 30.3 Å². The monoisotopic (exact) mass is 308 g/mol. The van der Waals surface area contributed by atoms with Gasteiger partial charge in [-0.05, 0) is 12.5 Å². The molecular formula is C16H24N2O4. The van der Waals surface area contributed by atoms with E-state index >= 15 is 0 Å². The molecule has 122 valence electrons. The van der Waals surface area contributed by atoms with Crippen molar-refractivity contribution in [2.24, 2.45) is 11.7 Å². The van der Waals surface area contributed by atoms with Gasteiger partial charge in [0.15, 0.2) is 5.54 Å². The van der Waals surface area contributed by atoms with Gasteiger partial charge in [0.1, 0.15) is 0 Å². The fraction of sp³-hybridized carbons (Fsp3) is 0.500. The minimum atomic E-state index is -1.24. The molecule has 0 aliphatic heterocycles. The Kier molecular flexibility index (Phi) is 6.52. The van der Waals surface area contributed by atoms with Crippen molar-refractivity contribution in [2.75, 3.05) is 20.8 Å². The molecule has 22 heavy (non-hydrogen) atoms. The second-order valence-corrected chi connectivity index (χ2v) is 5.47. The Bertz CT molecular complexity index is 506. The molecule has 1 amide bonds. The molecule has 3 atom stereocenters. The van der Waals surface area contributed by atoms with Gasteiger partial charge in [0, 0.05) is 13.2 Å². The Balaban J connectivity index is 2.83. The SMILES string of the molecule is COCC(C)(NC(=O)C(C)C(N)c1ccccc1)C(=O)OC. The van der Waals surface area contributed by atoms with Crippen molar-refractivity contribution in [3.63, 3.8) is 0 Å². The number of ether oxygens (including phenoxy) is 2. The molecule has 0 bridgehead atoms. The maximum atomic E-state index is 12.4. The molecular weight excluding hydrogens is 284 g/mol. The van der Waals surface area contributed by atoms with E-state index in [0.717, 1.165) is 5.56 Å². The number of carbonyl (C=O) groups is 2. The third-order valence-corrected chi connectivity index (χ3v) is 3.60. The van der Waals surface area contributed by atoms with E-state index in [-0.39, 0.29) is 12.5 Å². The predicted octanol–water partition coefficient (Wildman–Crippen LogP) is 1.02. The Morgan fingerprint density at radius 3 is 2.36 bits per heavy atom. The van der Waals surface area contributed by atoms with E-state index in [1.54, 1.807) is 13.8 Å². The lowest BCUT2D eigenvalue weighted by Gasteiger charge is -2.29. The highest BCUT2D eigenvalue weighted by atomic mass is 16.5. The van der Waals surface area contributed by atoms with E-state index in [0.29, 0.717) is 0 Å². The molecule has 0 spiro atoms. The van der Waals surface area contributed by atoms with Gasteiger partial charge in [0.05, 0.1) is 19.6 Å². The maximum Gasteiger partial charge on any atom is 0.333 e. The molecule has 0 fully saturated rings. The van der Waals surface area contributed by atoms with Gasteiger partial charge in [-0.1, -0.05) is 37.3 Å². The van der Waals surface area contributed by atoms with E-state index in [1.807, 2.05) is 30.3 Å². The Morgan fingerprint density at radius 1 is 1.27 bits per heavy atom. The van der Waals surface area contributed by atoms with Gasteiger partial charge in [0.25, 0.3) is 0 Å². The van der Waals surface area contributed by atoms with Crippen molar-refractivity contribution in [3.05, 3.63) is 35.9 Å². The molecule has 0 saturated carbocycles. The minimum Gasteiger partial charge on any atom is -0.467 e. The first-order valence-corrected chi connectivity index (χ1v) is 7.05. The number of rotatable bonds is 7. The number of hydrogen-bond donors (Lipinski definition) is 2. The lowest BCUT2D eigenvalue weighted by Crippen LogP contribution is -2.57. The summed E-state index contributed by atoms with van der Waals surface area (Å²) in [6, 6.07) is 8.87. The van der Waals surface area contributed by atoms with Gasteiger partial charge in [-0.15, -0.1) is 0 Å². The van der Waals surface area contributed by atoms with Crippen LogP contribution in [0.4, 0.5) is 0 Å². The molecule has 6 heteroatoms. The van der Waals surface area contributed by atoms with Gasteiger partial charge in [-0.2, -0.15) is 0 Å². The molecule has 0 radical (unpaired) electrons. The van der Waals surface area contributed by atoms with Crippen molar-refractivity contribution >= 4 is 11.9 Å². The Labute approximate surface area is 131 Å².